The molecule has 0 aromatic rings. The highest BCUT2D eigenvalue weighted by molar-refractivity contribution is 4.40. The van der Waals surface area contributed by atoms with Crippen molar-refractivity contribution in [1.29, 1.82) is 0 Å². The Kier molecular flexibility index (Phi) is 4.47. The van der Waals surface area contributed by atoms with Crippen LogP contribution in [0.1, 0.15) is 20.3 Å². The summed E-state index contributed by atoms with van der Waals surface area (Å²) in [7, 11) is 0. The predicted molar refractivity (Wildman–Crippen MR) is 32.2 cm³/mol. The summed E-state index contributed by atoms with van der Waals surface area (Å²) in [6, 6.07) is 0. The monoisotopic (exact) mass is 153 g/mol. The fourth-order valence-corrected chi connectivity index (χ4v) is 0.284. The largest absolute Gasteiger partial charge is 0.355 e. The van der Waals surface area contributed by atoms with Gasteiger partial charge in [0.1, 0.15) is 0 Å². The molecule has 0 aliphatic carbocycles. The van der Waals surface area contributed by atoms with Crippen molar-refractivity contribution >= 4 is 0 Å². The maximum atomic E-state index is 11.8. The number of halogens is 2. The Morgan fingerprint density at radius 3 is 2.50 bits per heavy atom. The Morgan fingerprint density at radius 1 is 1.50 bits per heavy atom. The first-order valence-electron chi connectivity index (χ1n) is 3.05. The molecule has 61 valence electrons. The molecular weight excluding hydrogens is 142 g/mol. The molecule has 0 unspecified atom stereocenters. The first-order chi connectivity index (χ1) is 4.56. The predicted octanol–water partition coefficient (Wildman–Crippen LogP) is 2.16. The zero-order chi connectivity index (χ0) is 8.04. The normalized spacial score (nSPS) is 12.0. The quantitative estimate of drug-likeness (QED) is 0.563. The SMILES string of the molecule is CCCO[CH]OC(C)(F)F. The Hall–Kier alpha value is -0.220. The molecule has 2 nitrogen and oxygen atoms in total. The minimum Gasteiger partial charge on any atom is -0.348 e. The van der Waals surface area contributed by atoms with Crippen molar-refractivity contribution in [2.45, 2.75) is 26.4 Å². The van der Waals surface area contributed by atoms with Crippen molar-refractivity contribution in [1.82, 2.24) is 0 Å². The smallest absolute Gasteiger partial charge is 0.348 e. The first kappa shape index (κ1) is 9.78. The summed E-state index contributed by atoms with van der Waals surface area (Å²) in [6.45, 7) is 3.59. The third kappa shape index (κ3) is 7.78. The van der Waals surface area contributed by atoms with E-state index in [1.54, 1.807) is 0 Å². The van der Waals surface area contributed by atoms with Crippen LogP contribution in [0.25, 0.3) is 0 Å². The molecule has 1 radical (unpaired) electrons. The van der Waals surface area contributed by atoms with Crippen LogP contribution in [-0.4, -0.2) is 12.7 Å². The van der Waals surface area contributed by atoms with Crippen molar-refractivity contribution < 1.29 is 18.3 Å². The minimum absolute atomic E-state index is 0.399. The number of hydrogen-bond acceptors (Lipinski definition) is 2. The molecule has 0 bridgehead atoms. The molecule has 10 heavy (non-hydrogen) atoms. The van der Waals surface area contributed by atoms with Gasteiger partial charge >= 0.3 is 6.11 Å². The van der Waals surface area contributed by atoms with Gasteiger partial charge in [0.05, 0.1) is 0 Å². The van der Waals surface area contributed by atoms with Crippen molar-refractivity contribution in [3.8, 4) is 0 Å². The third-order valence-electron chi connectivity index (χ3n) is 0.645. The Balaban J connectivity index is 3.04. The molecule has 0 aromatic heterocycles. The number of rotatable bonds is 5. The molecule has 0 N–H and O–H groups in total. The van der Waals surface area contributed by atoms with Crippen molar-refractivity contribution in [2.24, 2.45) is 0 Å². The molecule has 0 atom stereocenters. The number of alkyl halides is 2. The Morgan fingerprint density at radius 2 is 2.10 bits per heavy atom. The molecular formula is C6H11F2O2. The molecule has 0 fully saturated rings. The summed E-state index contributed by atoms with van der Waals surface area (Å²) >= 11 is 0. The first-order valence-corrected chi connectivity index (χ1v) is 3.05. The minimum atomic E-state index is -3.13. The summed E-state index contributed by atoms with van der Waals surface area (Å²) in [6.07, 6.45) is -2.36. The summed E-state index contributed by atoms with van der Waals surface area (Å²) in [5.41, 5.74) is 0. The molecule has 0 rings (SSSR count). The second-order valence-electron chi connectivity index (χ2n) is 1.89. The topological polar surface area (TPSA) is 18.5 Å². The average Bonchev–Trinajstić information content (AvgIpc) is 1.78. The summed E-state index contributed by atoms with van der Waals surface area (Å²) in [5, 5.41) is 0. The van der Waals surface area contributed by atoms with E-state index in [2.05, 4.69) is 9.47 Å². The second kappa shape index (κ2) is 4.57. The van der Waals surface area contributed by atoms with E-state index in [0.29, 0.717) is 20.3 Å². The zero-order valence-electron chi connectivity index (χ0n) is 6.06. The van der Waals surface area contributed by atoms with Crippen LogP contribution in [-0.2, 0) is 9.47 Å². The Bertz CT molecular complexity index is 80.3. The van der Waals surface area contributed by atoms with Gasteiger partial charge in [0, 0.05) is 13.5 Å². The van der Waals surface area contributed by atoms with E-state index in [9.17, 15) is 8.78 Å². The molecule has 0 aromatic carbocycles. The van der Waals surface area contributed by atoms with Crippen LogP contribution in [0.15, 0.2) is 0 Å². The number of ether oxygens (including phenoxy) is 2. The van der Waals surface area contributed by atoms with Crippen molar-refractivity contribution in [3.05, 3.63) is 6.79 Å². The van der Waals surface area contributed by atoms with Gasteiger partial charge in [-0.25, -0.2) is 0 Å². The fraction of sp³-hybridized carbons (Fsp3) is 0.833. The van der Waals surface area contributed by atoms with Gasteiger partial charge in [-0.3, -0.25) is 4.74 Å². The molecule has 0 heterocycles. The fourth-order valence-electron chi connectivity index (χ4n) is 0.284. The lowest BCUT2D eigenvalue weighted by Crippen LogP contribution is -2.14. The second-order valence-corrected chi connectivity index (χ2v) is 1.89. The molecule has 0 spiro atoms. The molecule has 0 saturated carbocycles. The van der Waals surface area contributed by atoms with Gasteiger partial charge in [-0.2, -0.15) is 8.78 Å². The molecule has 0 saturated heterocycles. The van der Waals surface area contributed by atoms with E-state index >= 15 is 0 Å². The standard InChI is InChI=1S/C6H11F2O2/c1-3-4-9-5-10-6(2,7)8/h5H,3-4H2,1-2H3. The zero-order valence-corrected chi connectivity index (χ0v) is 6.06. The van der Waals surface area contributed by atoms with Crippen LogP contribution in [0.3, 0.4) is 0 Å². The highest BCUT2D eigenvalue weighted by Gasteiger charge is 2.21. The summed E-state index contributed by atoms with van der Waals surface area (Å²) in [5.74, 6) is 0. The molecule has 4 heteroatoms. The van der Waals surface area contributed by atoms with Gasteiger partial charge in [-0.1, -0.05) is 6.92 Å². The van der Waals surface area contributed by atoms with Gasteiger partial charge in [0.25, 0.3) is 0 Å². The highest BCUT2D eigenvalue weighted by atomic mass is 19.3. The van der Waals surface area contributed by atoms with Crippen LogP contribution in [0.4, 0.5) is 8.78 Å². The van der Waals surface area contributed by atoms with Crippen LogP contribution < -0.4 is 0 Å². The third-order valence-corrected chi connectivity index (χ3v) is 0.645. The maximum Gasteiger partial charge on any atom is 0.355 e. The van der Waals surface area contributed by atoms with Crippen LogP contribution >= 0.6 is 0 Å². The van der Waals surface area contributed by atoms with Gasteiger partial charge in [-0.15, -0.1) is 0 Å². The van der Waals surface area contributed by atoms with Gasteiger partial charge in [-0.05, 0) is 6.42 Å². The molecule has 0 amide bonds. The molecule has 0 aliphatic heterocycles. The molecule has 0 aliphatic rings. The lowest BCUT2D eigenvalue weighted by Gasteiger charge is -2.09. The van der Waals surface area contributed by atoms with Gasteiger partial charge in [0.2, 0.25) is 6.79 Å². The Labute approximate surface area is 59.1 Å². The van der Waals surface area contributed by atoms with E-state index in [4.69, 9.17) is 0 Å². The highest BCUT2D eigenvalue weighted by Crippen LogP contribution is 2.14. The van der Waals surface area contributed by atoms with Crippen molar-refractivity contribution in [2.75, 3.05) is 6.61 Å². The van der Waals surface area contributed by atoms with E-state index in [-0.39, 0.29) is 0 Å². The number of hydrogen-bond donors (Lipinski definition) is 0. The van der Waals surface area contributed by atoms with Gasteiger partial charge < -0.3 is 4.74 Å². The van der Waals surface area contributed by atoms with Crippen LogP contribution in [0, 0.1) is 6.79 Å². The van der Waals surface area contributed by atoms with E-state index in [1.165, 1.54) is 0 Å². The summed E-state index contributed by atoms with van der Waals surface area (Å²) < 4.78 is 32.0. The lowest BCUT2D eigenvalue weighted by molar-refractivity contribution is -0.232. The van der Waals surface area contributed by atoms with E-state index in [0.717, 1.165) is 6.42 Å². The van der Waals surface area contributed by atoms with E-state index < -0.39 is 6.11 Å². The van der Waals surface area contributed by atoms with E-state index in [1.807, 2.05) is 6.92 Å². The van der Waals surface area contributed by atoms with Crippen molar-refractivity contribution in [3.63, 3.8) is 0 Å². The van der Waals surface area contributed by atoms with Crippen LogP contribution in [0.5, 0.6) is 0 Å². The summed E-state index contributed by atoms with van der Waals surface area (Å²) in [4.78, 5) is 0. The average molecular weight is 153 g/mol. The van der Waals surface area contributed by atoms with Gasteiger partial charge in [0.15, 0.2) is 0 Å². The lowest BCUT2D eigenvalue weighted by atomic mass is 10.5. The maximum absolute atomic E-state index is 11.8. The van der Waals surface area contributed by atoms with Crippen LogP contribution in [0.2, 0.25) is 0 Å².